The van der Waals surface area contributed by atoms with E-state index >= 15 is 0 Å². The molecule has 0 saturated heterocycles. The molecule has 0 saturated carbocycles. The number of hydrogen-bond donors (Lipinski definition) is 1. The van der Waals surface area contributed by atoms with Crippen LogP contribution in [0.15, 0.2) is 4.99 Å². The number of nitrogens with two attached hydrogens (primary N) is 1. The normalized spacial score (nSPS) is 9.91. The Bertz CT molecular complexity index is 81.6. The molecule has 2 heteroatoms. The third kappa shape index (κ3) is 9.63. The van der Waals surface area contributed by atoms with Gasteiger partial charge in [0, 0.05) is 6.54 Å². The second-order valence-corrected chi connectivity index (χ2v) is 2.86. The van der Waals surface area contributed by atoms with Crippen molar-refractivity contribution >= 4 is 6.72 Å². The molecule has 0 unspecified atom stereocenters. The second kappa shape index (κ2) is 9.63. The Kier molecular flexibility index (Phi) is 9.31. The van der Waals surface area contributed by atoms with Crippen LogP contribution in [0.3, 0.4) is 0 Å². The zero-order chi connectivity index (χ0) is 8.36. The minimum atomic E-state index is 0.841. The lowest BCUT2D eigenvalue weighted by molar-refractivity contribution is 0.602. The van der Waals surface area contributed by atoms with Gasteiger partial charge >= 0.3 is 0 Å². The maximum atomic E-state index is 5.37. The molecule has 0 aromatic carbocycles. The molecule has 0 heterocycles. The smallest absolute Gasteiger partial charge is 0.0382 e. The highest BCUT2D eigenvalue weighted by molar-refractivity contribution is 5.22. The number of nitrogens with zero attached hydrogens (tertiary/aromatic N) is 1. The van der Waals surface area contributed by atoms with E-state index in [0.717, 1.165) is 13.1 Å². The summed E-state index contributed by atoms with van der Waals surface area (Å²) in [7, 11) is 0. The molecule has 11 heavy (non-hydrogen) atoms. The van der Waals surface area contributed by atoms with Crippen molar-refractivity contribution in [3.63, 3.8) is 0 Å². The van der Waals surface area contributed by atoms with Gasteiger partial charge in [0.1, 0.15) is 0 Å². The summed E-state index contributed by atoms with van der Waals surface area (Å²) in [6, 6.07) is 0. The summed E-state index contributed by atoms with van der Waals surface area (Å²) in [6.45, 7) is 5.21. The van der Waals surface area contributed by atoms with Gasteiger partial charge in [-0.15, -0.1) is 0 Å². The lowest BCUT2D eigenvalue weighted by atomic mass is 10.1. The van der Waals surface area contributed by atoms with Gasteiger partial charge in [0.15, 0.2) is 0 Å². The average Bonchev–Trinajstić information content (AvgIpc) is 2.03. The third-order valence-corrected chi connectivity index (χ3v) is 1.77. The SMILES string of the molecule is C=NCCCCCCCCN. The Labute approximate surface area is 69.9 Å². The van der Waals surface area contributed by atoms with Gasteiger partial charge in [-0.25, -0.2) is 0 Å². The summed E-state index contributed by atoms with van der Waals surface area (Å²) >= 11 is 0. The van der Waals surface area contributed by atoms with Gasteiger partial charge in [-0.1, -0.05) is 25.7 Å². The number of rotatable bonds is 8. The molecule has 0 aromatic heterocycles. The third-order valence-electron chi connectivity index (χ3n) is 1.77. The van der Waals surface area contributed by atoms with Gasteiger partial charge in [-0.2, -0.15) is 0 Å². The predicted octanol–water partition coefficient (Wildman–Crippen LogP) is 1.99. The molecule has 0 aliphatic carbocycles. The first-order valence-corrected chi connectivity index (χ1v) is 4.54. The van der Waals surface area contributed by atoms with Crippen LogP contribution in [0.5, 0.6) is 0 Å². The van der Waals surface area contributed by atoms with Crippen molar-refractivity contribution in [1.82, 2.24) is 0 Å². The lowest BCUT2D eigenvalue weighted by Gasteiger charge is -1.98. The van der Waals surface area contributed by atoms with E-state index in [1.165, 1.54) is 38.5 Å². The van der Waals surface area contributed by atoms with Crippen LogP contribution in [0.2, 0.25) is 0 Å². The van der Waals surface area contributed by atoms with Crippen molar-refractivity contribution in [2.75, 3.05) is 13.1 Å². The van der Waals surface area contributed by atoms with Crippen molar-refractivity contribution in [1.29, 1.82) is 0 Å². The van der Waals surface area contributed by atoms with Gasteiger partial charge in [-0.05, 0) is 26.1 Å². The highest BCUT2D eigenvalue weighted by atomic mass is 14.7. The molecular weight excluding hydrogens is 136 g/mol. The van der Waals surface area contributed by atoms with E-state index in [2.05, 4.69) is 11.7 Å². The fraction of sp³-hybridized carbons (Fsp3) is 0.889. The summed E-state index contributed by atoms with van der Waals surface area (Å²) in [6.07, 6.45) is 7.62. The molecule has 2 nitrogen and oxygen atoms in total. The van der Waals surface area contributed by atoms with E-state index in [9.17, 15) is 0 Å². The van der Waals surface area contributed by atoms with Crippen molar-refractivity contribution < 1.29 is 0 Å². The molecule has 0 aliphatic rings. The molecule has 0 bridgehead atoms. The van der Waals surface area contributed by atoms with Crippen molar-refractivity contribution in [3.05, 3.63) is 0 Å². The van der Waals surface area contributed by atoms with Crippen LogP contribution in [0.25, 0.3) is 0 Å². The largest absolute Gasteiger partial charge is 0.330 e. The molecule has 0 fully saturated rings. The van der Waals surface area contributed by atoms with Crippen LogP contribution in [-0.2, 0) is 0 Å². The summed E-state index contributed by atoms with van der Waals surface area (Å²) in [5.74, 6) is 0. The summed E-state index contributed by atoms with van der Waals surface area (Å²) < 4.78 is 0. The quantitative estimate of drug-likeness (QED) is 0.423. The molecule has 0 aliphatic heterocycles. The van der Waals surface area contributed by atoms with Gasteiger partial charge in [0.05, 0.1) is 0 Å². The summed E-state index contributed by atoms with van der Waals surface area (Å²) in [5, 5.41) is 0. The summed E-state index contributed by atoms with van der Waals surface area (Å²) in [5.41, 5.74) is 5.37. The molecule has 0 spiro atoms. The molecular formula is C9H20N2. The minimum Gasteiger partial charge on any atom is -0.330 e. The van der Waals surface area contributed by atoms with E-state index in [4.69, 9.17) is 5.73 Å². The van der Waals surface area contributed by atoms with Gasteiger partial charge < -0.3 is 10.7 Å². The number of unbranched alkanes of at least 4 members (excludes halogenated alkanes) is 5. The lowest BCUT2D eigenvalue weighted by Crippen LogP contribution is -1.97. The fourth-order valence-corrected chi connectivity index (χ4v) is 1.08. The van der Waals surface area contributed by atoms with Crippen molar-refractivity contribution in [2.45, 2.75) is 38.5 Å². The van der Waals surface area contributed by atoms with Crippen LogP contribution in [0.4, 0.5) is 0 Å². The number of aliphatic imine (C=N–C) groups is 1. The van der Waals surface area contributed by atoms with E-state index < -0.39 is 0 Å². The number of hydrogen-bond acceptors (Lipinski definition) is 2. The van der Waals surface area contributed by atoms with E-state index in [-0.39, 0.29) is 0 Å². The predicted molar refractivity (Wildman–Crippen MR) is 51.2 cm³/mol. The molecule has 2 N–H and O–H groups in total. The zero-order valence-electron chi connectivity index (χ0n) is 7.39. The Morgan fingerprint density at radius 2 is 1.45 bits per heavy atom. The molecule has 0 radical (unpaired) electrons. The van der Waals surface area contributed by atoms with Gasteiger partial charge in [-0.3, -0.25) is 0 Å². The molecule has 0 amide bonds. The highest BCUT2D eigenvalue weighted by Gasteiger charge is 1.88. The Morgan fingerprint density at radius 1 is 0.909 bits per heavy atom. The topological polar surface area (TPSA) is 38.4 Å². The van der Waals surface area contributed by atoms with Crippen LogP contribution >= 0.6 is 0 Å². The van der Waals surface area contributed by atoms with Crippen LogP contribution in [-0.4, -0.2) is 19.8 Å². The molecule has 0 atom stereocenters. The first-order chi connectivity index (χ1) is 5.41. The van der Waals surface area contributed by atoms with Crippen LogP contribution in [0, 0.1) is 0 Å². The zero-order valence-corrected chi connectivity index (χ0v) is 7.39. The Hall–Kier alpha value is -0.370. The monoisotopic (exact) mass is 156 g/mol. The van der Waals surface area contributed by atoms with Crippen molar-refractivity contribution in [2.24, 2.45) is 10.7 Å². The summed E-state index contributed by atoms with van der Waals surface area (Å²) in [4.78, 5) is 3.80. The fourth-order valence-electron chi connectivity index (χ4n) is 1.08. The minimum absolute atomic E-state index is 0.841. The first-order valence-electron chi connectivity index (χ1n) is 4.54. The van der Waals surface area contributed by atoms with E-state index in [0.29, 0.717) is 0 Å². The van der Waals surface area contributed by atoms with E-state index in [1.807, 2.05) is 0 Å². The van der Waals surface area contributed by atoms with E-state index in [1.54, 1.807) is 0 Å². The second-order valence-electron chi connectivity index (χ2n) is 2.86. The maximum Gasteiger partial charge on any atom is 0.0382 e. The van der Waals surface area contributed by atoms with Gasteiger partial charge in [0.25, 0.3) is 0 Å². The first kappa shape index (κ1) is 10.6. The molecule has 0 rings (SSSR count). The Balaban J connectivity index is 2.74. The standard InChI is InChI=1S/C9H20N2/c1-11-9-7-5-3-2-4-6-8-10/h1-10H2. The highest BCUT2D eigenvalue weighted by Crippen LogP contribution is 2.04. The van der Waals surface area contributed by atoms with Crippen LogP contribution in [0.1, 0.15) is 38.5 Å². The average molecular weight is 156 g/mol. The van der Waals surface area contributed by atoms with Crippen LogP contribution < -0.4 is 5.73 Å². The van der Waals surface area contributed by atoms with Crippen molar-refractivity contribution in [3.8, 4) is 0 Å². The Morgan fingerprint density at radius 3 is 2.00 bits per heavy atom. The van der Waals surface area contributed by atoms with Gasteiger partial charge in [0.2, 0.25) is 0 Å². The molecule has 0 aromatic rings. The molecule has 66 valence electrons. The maximum absolute atomic E-state index is 5.37.